The molecular weight excluding hydrogens is 346 g/mol. The molecule has 102 valence electrons. The van der Waals surface area contributed by atoms with Gasteiger partial charge in [0.2, 0.25) is 0 Å². The summed E-state index contributed by atoms with van der Waals surface area (Å²) < 4.78 is 6.49. The summed E-state index contributed by atoms with van der Waals surface area (Å²) in [6, 6.07) is 8.14. The predicted octanol–water partition coefficient (Wildman–Crippen LogP) is 4.87. The standard InChI is InChI=1S/C14H15BrClNOS/c1-3-18-12-5-4-9(8-10(12)15)13(17-2)14-11(16)6-7-19-14/h4-8,13,17H,3H2,1-2H3. The number of hydrogen-bond donors (Lipinski definition) is 1. The molecule has 0 aliphatic carbocycles. The van der Waals surface area contributed by atoms with E-state index in [0.29, 0.717) is 6.61 Å². The Morgan fingerprint density at radius 3 is 2.74 bits per heavy atom. The van der Waals surface area contributed by atoms with Crippen LogP contribution in [0.5, 0.6) is 5.75 Å². The lowest BCUT2D eigenvalue weighted by atomic mass is 10.1. The van der Waals surface area contributed by atoms with E-state index < -0.39 is 0 Å². The highest BCUT2D eigenvalue weighted by Gasteiger charge is 2.17. The van der Waals surface area contributed by atoms with Crippen LogP contribution in [0.2, 0.25) is 5.02 Å². The monoisotopic (exact) mass is 359 g/mol. The molecule has 0 saturated carbocycles. The molecule has 2 rings (SSSR count). The number of halogens is 2. The van der Waals surface area contributed by atoms with Crippen molar-refractivity contribution in [2.75, 3.05) is 13.7 Å². The summed E-state index contributed by atoms with van der Waals surface area (Å²) in [5.74, 6) is 0.860. The molecule has 0 aliphatic rings. The maximum atomic E-state index is 6.22. The van der Waals surface area contributed by atoms with Crippen molar-refractivity contribution in [3.8, 4) is 5.75 Å². The summed E-state index contributed by atoms with van der Waals surface area (Å²) in [5, 5.41) is 6.11. The number of thiophene rings is 1. The normalized spacial score (nSPS) is 12.4. The van der Waals surface area contributed by atoms with E-state index in [1.165, 1.54) is 0 Å². The Balaban J connectivity index is 2.34. The van der Waals surface area contributed by atoms with Crippen molar-refractivity contribution in [2.45, 2.75) is 13.0 Å². The fourth-order valence-corrected chi connectivity index (χ4v) is 3.74. The largest absolute Gasteiger partial charge is 0.493 e. The zero-order valence-electron chi connectivity index (χ0n) is 10.7. The van der Waals surface area contributed by atoms with Gasteiger partial charge < -0.3 is 10.1 Å². The first-order valence-corrected chi connectivity index (χ1v) is 8.04. The van der Waals surface area contributed by atoms with Crippen LogP contribution in [0.15, 0.2) is 34.1 Å². The Hall–Kier alpha value is -0.550. The fourth-order valence-electron chi connectivity index (χ4n) is 1.93. The molecule has 19 heavy (non-hydrogen) atoms. The first-order chi connectivity index (χ1) is 9.17. The second kappa shape index (κ2) is 6.75. The molecule has 0 fully saturated rings. The van der Waals surface area contributed by atoms with Crippen LogP contribution in [-0.2, 0) is 0 Å². The van der Waals surface area contributed by atoms with Gasteiger partial charge in [-0.2, -0.15) is 0 Å². The van der Waals surface area contributed by atoms with Gasteiger partial charge in [0.25, 0.3) is 0 Å². The maximum absolute atomic E-state index is 6.22. The molecule has 0 bridgehead atoms. The summed E-state index contributed by atoms with van der Waals surface area (Å²) in [7, 11) is 1.94. The average Bonchev–Trinajstić information content (AvgIpc) is 2.80. The van der Waals surface area contributed by atoms with Gasteiger partial charge >= 0.3 is 0 Å². The predicted molar refractivity (Wildman–Crippen MR) is 85.5 cm³/mol. The van der Waals surface area contributed by atoms with Crippen molar-refractivity contribution < 1.29 is 4.74 Å². The van der Waals surface area contributed by atoms with Crippen LogP contribution < -0.4 is 10.1 Å². The molecule has 1 aromatic heterocycles. The molecule has 1 N–H and O–H groups in total. The van der Waals surface area contributed by atoms with Crippen LogP contribution in [-0.4, -0.2) is 13.7 Å². The van der Waals surface area contributed by atoms with E-state index in [4.69, 9.17) is 16.3 Å². The average molecular weight is 361 g/mol. The third kappa shape index (κ3) is 3.31. The van der Waals surface area contributed by atoms with E-state index in [1.807, 2.05) is 31.5 Å². The van der Waals surface area contributed by atoms with Gasteiger partial charge in [-0.05, 0) is 59.0 Å². The minimum absolute atomic E-state index is 0.0967. The first kappa shape index (κ1) is 14.9. The van der Waals surface area contributed by atoms with E-state index >= 15 is 0 Å². The van der Waals surface area contributed by atoms with Gasteiger partial charge in [-0.1, -0.05) is 17.7 Å². The van der Waals surface area contributed by atoms with Gasteiger partial charge in [0.15, 0.2) is 0 Å². The quantitative estimate of drug-likeness (QED) is 0.821. The lowest BCUT2D eigenvalue weighted by Gasteiger charge is -2.17. The third-order valence-corrected chi connectivity index (χ3v) is 4.83. The minimum Gasteiger partial charge on any atom is -0.493 e. The van der Waals surface area contributed by atoms with Crippen LogP contribution in [0.1, 0.15) is 23.4 Å². The van der Waals surface area contributed by atoms with Crippen molar-refractivity contribution >= 4 is 38.9 Å². The van der Waals surface area contributed by atoms with Crippen LogP contribution in [0.4, 0.5) is 0 Å². The molecule has 2 aromatic rings. The molecule has 1 aromatic carbocycles. The summed E-state index contributed by atoms with van der Waals surface area (Å²) in [6.07, 6.45) is 0. The molecule has 5 heteroatoms. The molecule has 0 saturated heterocycles. The molecule has 1 unspecified atom stereocenters. The van der Waals surface area contributed by atoms with Crippen molar-refractivity contribution in [3.05, 3.63) is 49.6 Å². The van der Waals surface area contributed by atoms with E-state index in [1.54, 1.807) is 11.3 Å². The molecule has 2 nitrogen and oxygen atoms in total. The van der Waals surface area contributed by atoms with Gasteiger partial charge in [0.1, 0.15) is 5.75 Å². The van der Waals surface area contributed by atoms with E-state index in [2.05, 4.69) is 33.4 Å². The van der Waals surface area contributed by atoms with Crippen molar-refractivity contribution in [2.24, 2.45) is 0 Å². The second-order valence-corrected chi connectivity index (χ2v) is 6.19. The Morgan fingerprint density at radius 2 is 2.21 bits per heavy atom. The highest BCUT2D eigenvalue weighted by molar-refractivity contribution is 9.10. The molecule has 0 aliphatic heterocycles. The van der Waals surface area contributed by atoms with Crippen LogP contribution in [0.25, 0.3) is 0 Å². The molecule has 0 radical (unpaired) electrons. The topological polar surface area (TPSA) is 21.3 Å². The lowest BCUT2D eigenvalue weighted by molar-refractivity contribution is 0.338. The number of rotatable bonds is 5. The Morgan fingerprint density at radius 1 is 1.42 bits per heavy atom. The minimum atomic E-state index is 0.0967. The Labute approximate surface area is 130 Å². The fraction of sp³-hybridized carbons (Fsp3) is 0.286. The highest BCUT2D eigenvalue weighted by Crippen LogP contribution is 2.35. The number of benzene rings is 1. The summed E-state index contributed by atoms with van der Waals surface area (Å²) in [6.45, 7) is 2.63. The van der Waals surface area contributed by atoms with Crippen LogP contribution >= 0.6 is 38.9 Å². The van der Waals surface area contributed by atoms with Crippen molar-refractivity contribution in [1.82, 2.24) is 5.32 Å². The smallest absolute Gasteiger partial charge is 0.133 e. The first-order valence-electron chi connectivity index (χ1n) is 5.99. The Kier molecular flexibility index (Phi) is 5.28. The zero-order valence-corrected chi connectivity index (χ0v) is 13.9. The summed E-state index contributed by atoms with van der Waals surface area (Å²) in [4.78, 5) is 1.13. The SMILES string of the molecule is CCOc1ccc(C(NC)c2sccc2Cl)cc1Br. The molecule has 0 amide bonds. The second-order valence-electron chi connectivity index (χ2n) is 3.98. The van der Waals surface area contributed by atoms with Gasteiger partial charge in [-0.25, -0.2) is 0 Å². The van der Waals surface area contributed by atoms with Gasteiger partial charge in [-0.15, -0.1) is 11.3 Å². The van der Waals surface area contributed by atoms with E-state index in [0.717, 1.165) is 25.7 Å². The van der Waals surface area contributed by atoms with E-state index in [9.17, 15) is 0 Å². The van der Waals surface area contributed by atoms with Crippen molar-refractivity contribution in [1.29, 1.82) is 0 Å². The molecule has 1 atom stereocenters. The lowest BCUT2D eigenvalue weighted by Crippen LogP contribution is -2.16. The zero-order chi connectivity index (χ0) is 13.8. The number of nitrogens with one attached hydrogen (secondary N) is 1. The van der Waals surface area contributed by atoms with Crippen LogP contribution in [0.3, 0.4) is 0 Å². The molecular formula is C14H15BrClNOS. The molecule has 1 heterocycles. The Bertz CT molecular complexity index is 558. The maximum Gasteiger partial charge on any atom is 0.133 e. The highest BCUT2D eigenvalue weighted by atomic mass is 79.9. The third-order valence-electron chi connectivity index (χ3n) is 2.78. The summed E-state index contributed by atoms with van der Waals surface area (Å²) in [5.41, 5.74) is 1.15. The van der Waals surface area contributed by atoms with Gasteiger partial charge in [0, 0.05) is 4.88 Å². The van der Waals surface area contributed by atoms with Gasteiger partial charge in [-0.3, -0.25) is 0 Å². The number of ether oxygens (including phenoxy) is 1. The molecule has 0 spiro atoms. The van der Waals surface area contributed by atoms with Gasteiger partial charge in [0.05, 0.1) is 22.1 Å². The van der Waals surface area contributed by atoms with E-state index in [-0.39, 0.29) is 6.04 Å². The number of hydrogen-bond acceptors (Lipinski definition) is 3. The van der Waals surface area contributed by atoms with Crippen molar-refractivity contribution in [3.63, 3.8) is 0 Å². The summed E-state index contributed by atoms with van der Waals surface area (Å²) >= 11 is 11.4. The van der Waals surface area contributed by atoms with Crippen LogP contribution in [0, 0.1) is 0 Å².